The third-order valence-corrected chi connectivity index (χ3v) is 4.64. The molecule has 0 aromatic heterocycles. The fourth-order valence-corrected chi connectivity index (χ4v) is 3.02. The quantitative estimate of drug-likeness (QED) is 0.236. The van der Waals surface area contributed by atoms with Crippen LogP contribution in [0.25, 0.3) is 0 Å². The highest BCUT2D eigenvalue weighted by Gasteiger charge is 2.33. The molecule has 0 saturated heterocycles. The van der Waals surface area contributed by atoms with Crippen molar-refractivity contribution in [2.75, 3.05) is 11.9 Å². The Balaban J connectivity index is 2.02. The van der Waals surface area contributed by atoms with Crippen molar-refractivity contribution in [3.05, 3.63) is 29.6 Å². The smallest absolute Gasteiger partial charge is 0.419 e. The van der Waals surface area contributed by atoms with Crippen LogP contribution in [-0.4, -0.2) is 23.7 Å². The molecule has 0 spiro atoms. The van der Waals surface area contributed by atoms with Crippen LogP contribution < -0.4 is 10.6 Å². The number of anilines is 1. The number of hydrogen-bond acceptors (Lipinski definition) is 2. The van der Waals surface area contributed by atoms with Gasteiger partial charge in [-0.05, 0) is 31.0 Å². The molecular formula is C21H30F4N2O3. The number of nitrogens with one attached hydrogen (secondary N) is 2. The minimum absolute atomic E-state index is 0.0408. The second-order valence-electron chi connectivity index (χ2n) is 7.25. The van der Waals surface area contributed by atoms with E-state index in [1.165, 1.54) is 0 Å². The van der Waals surface area contributed by atoms with E-state index in [-0.39, 0.29) is 12.1 Å². The average Bonchev–Trinajstić information content (AvgIpc) is 2.64. The van der Waals surface area contributed by atoms with Crippen LogP contribution in [0, 0.1) is 5.82 Å². The fourth-order valence-electron chi connectivity index (χ4n) is 3.02. The molecule has 0 heterocycles. The number of amides is 2. The van der Waals surface area contributed by atoms with Crippen molar-refractivity contribution in [1.29, 1.82) is 0 Å². The summed E-state index contributed by atoms with van der Waals surface area (Å²) >= 11 is 0. The summed E-state index contributed by atoms with van der Waals surface area (Å²) in [5, 5.41) is 13.5. The normalized spacial score (nSPS) is 11.3. The number of alkyl halides is 3. The number of rotatable bonds is 14. The second-order valence-corrected chi connectivity index (χ2v) is 7.25. The van der Waals surface area contributed by atoms with E-state index in [0.717, 1.165) is 70.3 Å². The highest BCUT2D eigenvalue weighted by molar-refractivity contribution is 5.89. The van der Waals surface area contributed by atoms with Crippen LogP contribution >= 0.6 is 0 Å². The van der Waals surface area contributed by atoms with Gasteiger partial charge in [0.25, 0.3) is 0 Å². The number of carboxylic acid groups (broad SMARTS) is 1. The maximum absolute atomic E-state index is 13.5. The zero-order valence-electron chi connectivity index (χ0n) is 17.0. The van der Waals surface area contributed by atoms with Gasteiger partial charge in [0.15, 0.2) is 0 Å². The SMILES string of the molecule is O=C(O)CCCCCCCCCCCCNC(=O)Nc1ccc(C(F)(F)F)c(F)c1. The van der Waals surface area contributed by atoms with E-state index in [1.807, 2.05) is 0 Å². The monoisotopic (exact) mass is 434 g/mol. The Morgan fingerprint density at radius 1 is 0.867 bits per heavy atom. The molecule has 3 N–H and O–H groups in total. The molecule has 1 aromatic rings. The zero-order valence-corrected chi connectivity index (χ0v) is 17.0. The van der Waals surface area contributed by atoms with Crippen molar-refractivity contribution in [3.8, 4) is 0 Å². The van der Waals surface area contributed by atoms with Crippen molar-refractivity contribution in [2.45, 2.75) is 76.8 Å². The molecule has 170 valence electrons. The largest absolute Gasteiger partial charge is 0.481 e. The topological polar surface area (TPSA) is 78.4 Å². The molecule has 0 radical (unpaired) electrons. The summed E-state index contributed by atoms with van der Waals surface area (Å²) in [5.41, 5.74) is -1.41. The Morgan fingerprint density at radius 2 is 1.40 bits per heavy atom. The van der Waals surface area contributed by atoms with Gasteiger partial charge in [-0.15, -0.1) is 0 Å². The molecule has 0 aliphatic carbocycles. The van der Waals surface area contributed by atoms with Gasteiger partial charge in [-0.1, -0.05) is 51.4 Å². The fraction of sp³-hybridized carbons (Fsp3) is 0.619. The van der Waals surface area contributed by atoms with Crippen LogP contribution in [0.1, 0.15) is 76.2 Å². The second kappa shape index (κ2) is 13.8. The first-order valence-corrected chi connectivity index (χ1v) is 10.3. The van der Waals surface area contributed by atoms with Crippen LogP contribution in [-0.2, 0) is 11.0 Å². The van der Waals surface area contributed by atoms with E-state index >= 15 is 0 Å². The minimum atomic E-state index is -4.77. The number of carboxylic acids is 1. The molecule has 2 amide bonds. The van der Waals surface area contributed by atoms with Gasteiger partial charge in [0.05, 0.1) is 5.56 Å². The van der Waals surface area contributed by atoms with Crippen LogP contribution in [0.15, 0.2) is 18.2 Å². The van der Waals surface area contributed by atoms with Crippen LogP contribution in [0.3, 0.4) is 0 Å². The standard InChI is InChI=1S/C21H30F4N2O3/c22-18-15-16(12-13-17(18)21(23,24)25)27-20(30)26-14-10-8-6-4-2-1-3-5-7-9-11-19(28)29/h12-13,15H,1-11,14H2,(H,28,29)(H2,26,27,30). The number of unbranched alkanes of at least 4 members (excludes halogenated alkanes) is 9. The summed E-state index contributed by atoms with van der Waals surface area (Å²) in [5.74, 6) is -2.17. The van der Waals surface area contributed by atoms with Crippen LogP contribution in [0.5, 0.6) is 0 Å². The predicted octanol–water partition coefficient (Wildman–Crippen LogP) is 6.34. The van der Waals surface area contributed by atoms with E-state index in [9.17, 15) is 27.2 Å². The molecule has 1 rings (SSSR count). The van der Waals surface area contributed by atoms with Gasteiger partial charge >= 0.3 is 18.2 Å². The number of hydrogen-bond donors (Lipinski definition) is 3. The number of carbonyl (C=O) groups excluding carboxylic acids is 1. The molecular weight excluding hydrogens is 404 g/mol. The minimum Gasteiger partial charge on any atom is -0.481 e. The molecule has 0 aliphatic rings. The molecule has 0 atom stereocenters. The Hall–Kier alpha value is -2.32. The first kappa shape index (κ1) is 25.7. The predicted molar refractivity (Wildman–Crippen MR) is 107 cm³/mol. The molecule has 0 saturated carbocycles. The van der Waals surface area contributed by atoms with Gasteiger partial charge in [-0.25, -0.2) is 9.18 Å². The lowest BCUT2D eigenvalue weighted by Crippen LogP contribution is -2.29. The summed E-state index contributed by atoms with van der Waals surface area (Å²) in [7, 11) is 0. The number of halogens is 4. The van der Waals surface area contributed by atoms with Crippen molar-refractivity contribution in [3.63, 3.8) is 0 Å². The Kier molecular flexibility index (Phi) is 11.8. The number of aliphatic carboxylic acids is 1. The van der Waals surface area contributed by atoms with Crippen molar-refractivity contribution >= 4 is 17.7 Å². The van der Waals surface area contributed by atoms with Crippen LogP contribution in [0.2, 0.25) is 0 Å². The summed E-state index contributed by atoms with van der Waals surface area (Å²) in [6.45, 7) is 0.429. The first-order chi connectivity index (χ1) is 14.2. The van der Waals surface area contributed by atoms with Crippen molar-refractivity contribution < 1.29 is 32.3 Å². The highest BCUT2D eigenvalue weighted by atomic mass is 19.4. The summed E-state index contributed by atoms with van der Waals surface area (Å²) in [6.07, 6.45) is 5.50. The van der Waals surface area contributed by atoms with Crippen molar-refractivity contribution in [2.24, 2.45) is 0 Å². The van der Waals surface area contributed by atoms with Gasteiger partial charge in [-0.2, -0.15) is 13.2 Å². The van der Waals surface area contributed by atoms with Crippen molar-refractivity contribution in [1.82, 2.24) is 5.32 Å². The van der Waals surface area contributed by atoms with E-state index in [1.54, 1.807) is 0 Å². The van der Waals surface area contributed by atoms with E-state index < -0.39 is 29.6 Å². The summed E-state index contributed by atoms with van der Waals surface area (Å²) < 4.78 is 51.0. The third kappa shape index (κ3) is 11.6. The maximum Gasteiger partial charge on any atom is 0.419 e. The highest BCUT2D eigenvalue weighted by Crippen LogP contribution is 2.32. The van der Waals surface area contributed by atoms with Gasteiger partial charge in [-0.3, -0.25) is 4.79 Å². The molecule has 30 heavy (non-hydrogen) atoms. The van der Waals surface area contributed by atoms with Crippen LogP contribution in [0.4, 0.5) is 28.0 Å². The molecule has 9 heteroatoms. The lowest BCUT2D eigenvalue weighted by atomic mass is 10.1. The Labute approximate surface area is 174 Å². The first-order valence-electron chi connectivity index (χ1n) is 10.3. The van der Waals surface area contributed by atoms with Gasteiger partial charge in [0.2, 0.25) is 0 Å². The molecule has 0 fully saturated rings. The third-order valence-electron chi connectivity index (χ3n) is 4.64. The number of urea groups is 1. The van der Waals surface area contributed by atoms with E-state index in [2.05, 4.69) is 10.6 Å². The van der Waals surface area contributed by atoms with Gasteiger partial charge < -0.3 is 15.7 Å². The Morgan fingerprint density at radius 3 is 1.90 bits per heavy atom. The molecule has 0 aliphatic heterocycles. The molecule has 0 bridgehead atoms. The average molecular weight is 434 g/mol. The van der Waals surface area contributed by atoms with E-state index in [4.69, 9.17) is 5.11 Å². The molecule has 1 aromatic carbocycles. The summed E-state index contributed by atoms with van der Waals surface area (Å²) in [4.78, 5) is 22.1. The van der Waals surface area contributed by atoms with Gasteiger partial charge in [0.1, 0.15) is 5.82 Å². The Bertz CT molecular complexity index is 666. The number of carbonyl (C=O) groups is 2. The zero-order chi connectivity index (χ0) is 22.4. The molecule has 5 nitrogen and oxygen atoms in total. The lowest BCUT2D eigenvalue weighted by molar-refractivity contribution is -0.140. The van der Waals surface area contributed by atoms with E-state index in [0.29, 0.717) is 18.7 Å². The lowest BCUT2D eigenvalue weighted by Gasteiger charge is -2.11. The van der Waals surface area contributed by atoms with Gasteiger partial charge in [0, 0.05) is 18.7 Å². The molecule has 0 unspecified atom stereocenters. The summed E-state index contributed by atoms with van der Waals surface area (Å²) in [6, 6.07) is 1.67. The number of benzene rings is 1. The maximum atomic E-state index is 13.5.